The molecule has 0 amide bonds. The Labute approximate surface area is 150 Å². The van der Waals surface area contributed by atoms with Gasteiger partial charge in [0.15, 0.2) is 5.96 Å². The van der Waals surface area contributed by atoms with Crippen LogP contribution in [-0.4, -0.2) is 27.5 Å². The van der Waals surface area contributed by atoms with Crippen LogP contribution < -0.4 is 15.8 Å². The van der Waals surface area contributed by atoms with E-state index in [4.69, 9.17) is 17.3 Å². The summed E-state index contributed by atoms with van der Waals surface area (Å²) in [4.78, 5) is 4.11. The highest BCUT2D eigenvalue weighted by molar-refractivity contribution is 7.91. The molecule has 130 valence electrons. The first kappa shape index (κ1) is 18.7. The van der Waals surface area contributed by atoms with Crippen LogP contribution >= 0.6 is 22.9 Å². The van der Waals surface area contributed by atoms with Crippen LogP contribution in [0.15, 0.2) is 39.5 Å². The molecule has 0 saturated carbocycles. The Balaban J connectivity index is 1.86. The first-order chi connectivity index (χ1) is 11.3. The molecular formula is C15H19ClN4O2S2. The van der Waals surface area contributed by atoms with Gasteiger partial charge in [-0.1, -0.05) is 17.7 Å². The predicted molar refractivity (Wildman–Crippen MR) is 101 cm³/mol. The number of rotatable bonds is 6. The van der Waals surface area contributed by atoms with Gasteiger partial charge in [0.2, 0.25) is 10.0 Å². The number of halogens is 1. The third-order valence-electron chi connectivity index (χ3n) is 3.28. The first-order valence-electron chi connectivity index (χ1n) is 7.17. The van der Waals surface area contributed by atoms with Crippen LogP contribution in [0.4, 0.5) is 5.69 Å². The summed E-state index contributed by atoms with van der Waals surface area (Å²) in [6.07, 6.45) is 0. The molecule has 24 heavy (non-hydrogen) atoms. The van der Waals surface area contributed by atoms with Crippen molar-refractivity contribution in [1.82, 2.24) is 4.72 Å². The second kappa shape index (κ2) is 7.98. The van der Waals surface area contributed by atoms with Crippen molar-refractivity contribution in [3.8, 4) is 0 Å². The number of hydrogen-bond donors (Lipinski definition) is 3. The molecule has 0 atom stereocenters. The summed E-state index contributed by atoms with van der Waals surface area (Å²) in [5.74, 6) is 0.233. The highest BCUT2D eigenvalue weighted by atomic mass is 35.5. The minimum atomic E-state index is -3.55. The molecule has 0 spiro atoms. The number of aryl methyl sites for hydroxylation is 2. The fourth-order valence-corrected chi connectivity index (χ4v) is 4.42. The molecule has 6 nitrogen and oxygen atoms in total. The molecule has 0 fully saturated rings. The number of benzene rings is 1. The van der Waals surface area contributed by atoms with Gasteiger partial charge in [-0.3, -0.25) is 4.99 Å². The molecule has 0 aliphatic carbocycles. The average Bonchev–Trinajstić information content (AvgIpc) is 2.95. The molecule has 0 unspecified atom stereocenters. The topological polar surface area (TPSA) is 96.6 Å². The summed E-state index contributed by atoms with van der Waals surface area (Å²) < 4.78 is 27.1. The van der Waals surface area contributed by atoms with E-state index in [1.807, 2.05) is 32.0 Å². The van der Waals surface area contributed by atoms with Crippen molar-refractivity contribution in [2.75, 3.05) is 18.4 Å². The van der Waals surface area contributed by atoms with Gasteiger partial charge in [-0.15, -0.1) is 11.3 Å². The van der Waals surface area contributed by atoms with E-state index in [-0.39, 0.29) is 23.3 Å². The van der Waals surface area contributed by atoms with Crippen molar-refractivity contribution in [3.05, 3.63) is 45.8 Å². The van der Waals surface area contributed by atoms with Crippen LogP contribution in [-0.2, 0) is 10.0 Å². The molecule has 1 aromatic heterocycles. The zero-order valence-corrected chi connectivity index (χ0v) is 15.7. The van der Waals surface area contributed by atoms with Gasteiger partial charge in [0.25, 0.3) is 0 Å². The quantitative estimate of drug-likeness (QED) is 0.404. The van der Waals surface area contributed by atoms with Crippen molar-refractivity contribution in [2.24, 2.45) is 10.7 Å². The lowest BCUT2D eigenvalue weighted by atomic mass is 10.1. The maximum atomic E-state index is 12.0. The van der Waals surface area contributed by atoms with Crippen molar-refractivity contribution in [3.63, 3.8) is 0 Å². The standard InChI is InChI=1S/C15H19ClN4O2S2/c1-10-3-4-12(9-11(10)2)20-15(17)18-7-8-19-24(21,22)14-6-5-13(16)23-14/h3-6,9,19H,7-8H2,1-2H3,(H3,17,18,20). The average molecular weight is 387 g/mol. The van der Waals surface area contributed by atoms with Crippen LogP contribution in [0, 0.1) is 13.8 Å². The number of thiophene rings is 1. The molecule has 1 heterocycles. The Bertz CT molecular complexity index is 847. The predicted octanol–water partition coefficient (Wildman–Crippen LogP) is 2.72. The van der Waals surface area contributed by atoms with E-state index in [0.29, 0.717) is 4.34 Å². The summed E-state index contributed by atoms with van der Waals surface area (Å²) in [7, 11) is -3.55. The van der Waals surface area contributed by atoms with E-state index < -0.39 is 10.0 Å². The smallest absolute Gasteiger partial charge is 0.250 e. The maximum absolute atomic E-state index is 12.0. The van der Waals surface area contributed by atoms with Crippen molar-refractivity contribution < 1.29 is 8.42 Å². The lowest BCUT2D eigenvalue weighted by Crippen LogP contribution is -2.28. The Morgan fingerprint density at radius 3 is 2.62 bits per heavy atom. The molecule has 4 N–H and O–H groups in total. The molecule has 0 bridgehead atoms. The maximum Gasteiger partial charge on any atom is 0.250 e. The Morgan fingerprint density at radius 1 is 1.25 bits per heavy atom. The number of nitrogens with two attached hydrogens (primary N) is 1. The molecule has 0 saturated heterocycles. The second-order valence-corrected chi connectivity index (χ2v) is 8.86. The van der Waals surface area contributed by atoms with E-state index in [2.05, 4.69) is 15.0 Å². The number of nitrogens with zero attached hydrogens (tertiary/aromatic N) is 1. The normalized spacial score (nSPS) is 12.4. The Kier molecular flexibility index (Phi) is 6.22. The lowest BCUT2D eigenvalue weighted by molar-refractivity contribution is 0.584. The summed E-state index contributed by atoms with van der Waals surface area (Å²) in [5, 5.41) is 2.98. The molecule has 9 heteroatoms. The first-order valence-corrected chi connectivity index (χ1v) is 9.85. The van der Waals surface area contributed by atoms with Gasteiger partial charge in [-0.25, -0.2) is 13.1 Å². The van der Waals surface area contributed by atoms with Gasteiger partial charge >= 0.3 is 0 Å². The van der Waals surface area contributed by atoms with Gasteiger partial charge in [-0.2, -0.15) is 0 Å². The van der Waals surface area contributed by atoms with E-state index >= 15 is 0 Å². The molecule has 0 aliphatic heterocycles. The molecule has 0 aliphatic rings. The van der Waals surface area contributed by atoms with Gasteiger partial charge in [0, 0.05) is 12.2 Å². The van der Waals surface area contributed by atoms with Gasteiger partial charge in [-0.05, 0) is 49.2 Å². The van der Waals surface area contributed by atoms with Crippen molar-refractivity contribution in [1.29, 1.82) is 0 Å². The third-order valence-corrected chi connectivity index (χ3v) is 6.46. The van der Waals surface area contributed by atoms with Crippen LogP contribution in [0.2, 0.25) is 4.34 Å². The summed E-state index contributed by atoms with van der Waals surface area (Å²) >= 11 is 6.75. The molecule has 1 aromatic carbocycles. The van der Waals surface area contributed by atoms with Gasteiger partial charge < -0.3 is 11.1 Å². The molecule has 2 rings (SSSR count). The molecule has 0 radical (unpaired) electrons. The minimum absolute atomic E-state index is 0.146. The number of aliphatic imine (C=N–C) groups is 1. The fraction of sp³-hybridized carbons (Fsp3) is 0.267. The van der Waals surface area contributed by atoms with E-state index in [1.165, 1.54) is 11.6 Å². The molecule has 2 aromatic rings. The SMILES string of the molecule is Cc1ccc(NC(N)=NCCNS(=O)(=O)c2ccc(Cl)s2)cc1C. The zero-order chi connectivity index (χ0) is 17.7. The van der Waals surface area contributed by atoms with Crippen LogP contribution in [0.5, 0.6) is 0 Å². The van der Waals surface area contributed by atoms with Gasteiger partial charge in [0.05, 0.1) is 10.9 Å². The monoisotopic (exact) mass is 386 g/mol. The van der Waals surface area contributed by atoms with Gasteiger partial charge in [0.1, 0.15) is 4.21 Å². The lowest BCUT2D eigenvalue weighted by Gasteiger charge is -2.08. The van der Waals surface area contributed by atoms with Crippen molar-refractivity contribution in [2.45, 2.75) is 18.1 Å². The Morgan fingerprint density at radius 2 is 2.00 bits per heavy atom. The number of sulfonamides is 1. The van der Waals surface area contributed by atoms with E-state index in [9.17, 15) is 8.42 Å². The molecular weight excluding hydrogens is 368 g/mol. The second-order valence-electron chi connectivity index (χ2n) is 5.15. The van der Waals surface area contributed by atoms with Crippen molar-refractivity contribution >= 4 is 44.6 Å². The summed E-state index contributed by atoms with van der Waals surface area (Å²) in [6, 6.07) is 8.89. The van der Waals surface area contributed by atoms with E-state index in [0.717, 1.165) is 22.6 Å². The highest BCUT2D eigenvalue weighted by Crippen LogP contribution is 2.25. The van der Waals surface area contributed by atoms with Crippen LogP contribution in [0.1, 0.15) is 11.1 Å². The van der Waals surface area contributed by atoms with Crippen LogP contribution in [0.25, 0.3) is 0 Å². The highest BCUT2D eigenvalue weighted by Gasteiger charge is 2.15. The van der Waals surface area contributed by atoms with E-state index in [1.54, 1.807) is 6.07 Å². The largest absolute Gasteiger partial charge is 0.370 e. The minimum Gasteiger partial charge on any atom is -0.370 e. The third kappa shape index (κ3) is 5.20. The number of hydrogen-bond acceptors (Lipinski definition) is 4. The number of guanidine groups is 1. The fourth-order valence-electron chi connectivity index (χ4n) is 1.88. The zero-order valence-electron chi connectivity index (χ0n) is 13.3. The van der Waals surface area contributed by atoms with Crippen LogP contribution in [0.3, 0.4) is 0 Å². The summed E-state index contributed by atoms with van der Waals surface area (Å²) in [5.41, 5.74) is 8.99. The number of anilines is 1. The Hall–Kier alpha value is -1.61. The number of nitrogens with one attached hydrogen (secondary N) is 2. The summed E-state index contributed by atoms with van der Waals surface area (Å²) in [6.45, 7) is 4.41.